The summed E-state index contributed by atoms with van der Waals surface area (Å²) in [4.78, 5) is 17.5. The maximum absolute atomic E-state index is 14.6. The van der Waals surface area contributed by atoms with E-state index in [1.54, 1.807) is 0 Å². The molecule has 0 saturated carbocycles. The number of rotatable bonds is 45. The van der Waals surface area contributed by atoms with Gasteiger partial charge in [0.2, 0.25) is 18.9 Å². The van der Waals surface area contributed by atoms with Gasteiger partial charge in [0.1, 0.15) is 17.2 Å². The molecule has 0 radical (unpaired) electrons. The molecule has 0 amide bonds. The predicted molar refractivity (Wildman–Crippen MR) is 262 cm³/mol. The summed E-state index contributed by atoms with van der Waals surface area (Å²) < 4.78 is 50.1. The Morgan fingerprint density at radius 1 is 0.323 bits per heavy atom. The molecule has 368 valence electrons. The van der Waals surface area contributed by atoms with Crippen LogP contribution in [0.25, 0.3) is 0 Å². The Balaban J connectivity index is 1.73. The largest absolute Gasteiger partial charge is 0.557 e. The summed E-state index contributed by atoms with van der Waals surface area (Å²) in [6, 6.07) is 28.0. The minimum atomic E-state index is -4.79. The van der Waals surface area contributed by atoms with Crippen LogP contribution in [0.5, 0.6) is 17.2 Å². The summed E-state index contributed by atoms with van der Waals surface area (Å²) in [5.74, 6) is 1.74. The minimum Gasteiger partial charge on any atom is -0.462 e. The number of hydrogen-bond donors (Lipinski definition) is 0. The van der Waals surface area contributed by atoms with E-state index in [1.165, 1.54) is 116 Å². The second-order valence-electron chi connectivity index (χ2n) is 17.4. The van der Waals surface area contributed by atoms with Gasteiger partial charge in [0.25, 0.3) is 0 Å². The molecule has 3 aromatic carbocycles. The quantitative estimate of drug-likeness (QED) is 0.0179. The first-order valence-electron chi connectivity index (χ1n) is 25.8. The van der Waals surface area contributed by atoms with Gasteiger partial charge in [-0.2, -0.15) is 14.7 Å². The zero-order valence-electron chi connectivity index (χ0n) is 40.6. The highest BCUT2D eigenvalue weighted by atomic mass is 31.2. The van der Waals surface area contributed by atoms with Crippen molar-refractivity contribution < 1.29 is 47.5 Å². The molecule has 0 fully saturated rings. The Bertz CT molecular complexity index is 1340. The van der Waals surface area contributed by atoms with Gasteiger partial charge in [-0.3, -0.25) is 0 Å². The molecule has 0 bridgehead atoms. The highest BCUT2D eigenvalue weighted by molar-refractivity contribution is 7.48. The monoisotopic (exact) mass is 927 g/mol. The zero-order valence-corrected chi connectivity index (χ0v) is 41.5. The van der Waals surface area contributed by atoms with Gasteiger partial charge in [0.15, 0.2) is 0 Å². The number of benzene rings is 3. The van der Waals surface area contributed by atoms with Crippen molar-refractivity contribution >= 4 is 7.82 Å². The van der Waals surface area contributed by atoms with E-state index in [0.717, 1.165) is 57.8 Å². The summed E-state index contributed by atoms with van der Waals surface area (Å²) in [5, 5.41) is 0. The fraction of sp³-hybridized carbons (Fsp3) is 0.667. The van der Waals surface area contributed by atoms with Crippen molar-refractivity contribution in [1.29, 1.82) is 0 Å². The van der Waals surface area contributed by atoms with Crippen LogP contribution in [0.3, 0.4) is 0 Å². The summed E-state index contributed by atoms with van der Waals surface area (Å²) in [5.41, 5.74) is 0. The van der Waals surface area contributed by atoms with Crippen molar-refractivity contribution in [3.8, 4) is 17.2 Å². The molecule has 0 saturated heterocycles. The van der Waals surface area contributed by atoms with E-state index in [4.69, 9.17) is 42.9 Å². The molecule has 11 heteroatoms. The first-order valence-corrected chi connectivity index (χ1v) is 27.3. The smallest absolute Gasteiger partial charge is 0.462 e. The van der Waals surface area contributed by atoms with Gasteiger partial charge in [-0.1, -0.05) is 229 Å². The molecule has 3 atom stereocenters. The van der Waals surface area contributed by atoms with Crippen LogP contribution in [-0.2, 0) is 33.3 Å². The van der Waals surface area contributed by atoms with Crippen molar-refractivity contribution in [2.75, 3.05) is 0 Å². The van der Waals surface area contributed by atoms with Crippen LogP contribution in [0, 0.1) is 0 Å². The standard InChI is InChI=1S/C54H87O10P/c1-4-7-10-13-16-19-22-25-37-46-52(56-49-40-31-28-32-41-49)59-62-65(55,63-60-53(57-50-42-33-29-34-43-50)47-38-26-23-20-17-14-11-8-5-2)64-61-54(58-51-44-35-30-36-45-51)48-39-27-24-21-18-15-12-9-6-3/h28-36,40-45,52-54H,4-27,37-39,46-48H2,1-3H3. The SMILES string of the molecule is CCCCCCCCCCCC(OOP(=O)(OOC(CCCCCCCCCCC)Oc1ccccc1)OOC(CCCCCCCCCCC)Oc1ccccc1)Oc1ccccc1. The lowest BCUT2D eigenvalue weighted by Crippen LogP contribution is -2.25. The average molecular weight is 927 g/mol. The summed E-state index contributed by atoms with van der Waals surface area (Å²) in [7, 11) is -4.79. The van der Waals surface area contributed by atoms with Gasteiger partial charge in [-0.25, -0.2) is 4.57 Å². The number of hydrogen-bond acceptors (Lipinski definition) is 10. The molecule has 0 aliphatic carbocycles. The van der Waals surface area contributed by atoms with Crippen LogP contribution in [0.4, 0.5) is 0 Å². The fourth-order valence-corrected chi connectivity index (χ4v) is 8.22. The van der Waals surface area contributed by atoms with Gasteiger partial charge in [-0.05, 0) is 55.7 Å². The topological polar surface area (TPSA) is 100 Å². The molecule has 3 unspecified atom stereocenters. The maximum Gasteiger partial charge on any atom is 0.557 e. The van der Waals surface area contributed by atoms with E-state index < -0.39 is 26.7 Å². The molecule has 0 heterocycles. The number of para-hydroxylation sites is 3. The van der Waals surface area contributed by atoms with Gasteiger partial charge in [-0.15, -0.1) is 14.0 Å². The third-order valence-corrected chi connectivity index (χ3v) is 12.2. The van der Waals surface area contributed by atoms with Gasteiger partial charge in [0, 0.05) is 19.3 Å². The number of unbranched alkanes of at least 4 members (excludes halogenated alkanes) is 24. The summed E-state index contributed by atoms with van der Waals surface area (Å²) in [6.07, 6.45) is 30.0. The average Bonchev–Trinajstić information content (AvgIpc) is 3.33. The van der Waals surface area contributed by atoms with E-state index in [1.807, 2.05) is 91.0 Å². The summed E-state index contributed by atoms with van der Waals surface area (Å²) in [6.45, 7) is 6.72. The van der Waals surface area contributed by atoms with Crippen LogP contribution >= 0.6 is 7.82 Å². The molecular formula is C54H87O10P. The lowest BCUT2D eigenvalue weighted by molar-refractivity contribution is -0.389. The Morgan fingerprint density at radius 2 is 0.538 bits per heavy atom. The highest BCUT2D eigenvalue weighted by Crippen LogP contribution is 2.51. The fourth-order valence-electron chi connectivity index (χ4n) is 7.54. The van der Waals surface area contributed by atoms with Crippen LogP contribution in [0.15, 0.2) is 91.0 Å². The van der Waals surface area contributed by atoms with Gasteiger partial charge < -0.3 is 14.2 Å². The minimum absolute atomic E-state index is 0.475. The van der Waals surface area contributed by atoms with Crippen molar-refractivity contribution in [2.24, 2.45) is 0 Å². The second kappa shape index (κ2) is 39.1. The van der Waals surface area contributed by atoms with E-state index in [0.29, 0.717) is 36.5 Å². The molecule has 0 aromatic heterocycles. The Hall–Kier alpha value is -2.95. The van der Waals surface area contributed by atoms with Gasteiger partial charge in [0.05, 0.1) is 0 Å². The number of phosphoric acid groups is 1. The molecule has 3 rings (SSSR count). The zero-order chi connectivity index (χ0) is 46.1. The predicted octanol–water partition coefficient (Wildman–Crippen LogP) is 17.9. The van der Waals surface area contributed by atoms with Crippen molar-refractivity contribution in [1.82, 2.24) is 0 Å². The lowest BCUT2D eigenvalue weighted by Gasteiger charge is -2.24. The van der Waals surface area contributed by atoms with Crippen molar-refractivity contribution in [2.45, 2.75) is 232 Å². The van der Waals surface area contributed by atoms with Crippen LogP contribution in [0.1, 0.15) is 213 Å². The first-order chi connectivity index (χ1) is 32.0. The molecule has 10 nitrogen and oxygen atoms in total. The maximum atomic E-state index is 14.6. The second-order valence-corrected chi connectivity index (χ2v) is 18.7. The molecule has 65 heavy (non-hydrogen) atoms. The summed E-state index contributed by atoms with van der Waals surface area (Å²) >= 11 is 0. The molecule has 0 aliphatic rings. The van der Waals surface area contributed by atoms with Crippen LogP contribution < -0.4 is 14.2 Å². The highest BCUT2D eigenvalue weighted by Gasteiger charge is 2.37. The molecular weight excluding hydrogens is 840 g/mol. The molecule has 0 aliphatic heterocycles. The van der Waals surface area contributed by atoms with Crippen LogP contribution in [0.2, 0.25) is 0 Å². The Labute approximate surface area is 394 Å². The third-order valence-electron chi connectivity index (χ3n) is 11.4. The van der Waals surface area contributed by atoms with Crippen LogP contribution in [-0.4, -0.2) is 18.9 Å². The van der Waals surface area contributed by atoms with E-state index in [-0.39, 0.29) is 0 Å². The van der Waals surface area contributed by atoms with Crippen molar-refractivity contribution in [3.05, 3.63) is 91.0 Å². The van der Waals surface area contributed by atoms with E-state index >= 15 is 0 Å². The number of ether oxygens (including phenoxy) is 3. The van der Waals surface area contributed by atoms with Crippen molar-refractivity contribution in [3.63, 3.8) is 0 Å². The normalized spacial score (nSPS) is 13.8. The molecule has 0 spiro atoms. The molecule has 0 N–H and O–H groups in total. The molecule has 3 aromatic rings. The Morgan fingerprint density at radius 3 is 0.769 bits per heavy atom. The first kappa shape index (κ1) is 56.4. The van der Waals surface area contributed by atoms with Gasteiger partial charge >= 0.3 is 7.82 Å². The third kappa shape index (κ3) is 30.1. The van der Waals surface area contributed by atoms with E-state index in [9.17, 15) is 4.57 Å². The lowest BCUT2D eigenvalue weighted by atomic mass is 10.1. The Kier molecular flexibility index (Phi) is 33.9. The van der Waals surface area contributed by atoms with E-state index in [2.05, 4.69) is 20.8 Å².